The molecule has 0 radical (unpaired) electrons. The zero-order valence-electron chi connectivity index (χ0n) is 16.1. The predicted octanol–water partition coefficient (Wildman–Crippen LogP) is 4.63. The molecule has 3 aromatic rings. The third kappa shape index (κ3) is 3.42. The van der Waals surface area contributed by atoms with E-state index in [9.17, 15) is 29.8 Å². The summed E-state index contributed by atoms with van der Waals surface area (Å²) < 4.78 is 5.51. The molecule has 0 bridgehead atoms. The average Bonchev–Trinajstić information content (AvgIpc) is 3.05. The molecule has 0 N–H and O–H groups in total. The van der Waals surface area contributed by atoms with Crippen molar-refractivity contribution in [3.8, 4) is 11.1 Å². The van der Waals surface area contributed by atoms with Crippen molar-refractivity contribution in [1.82, 2.24) is 0 Å². The van der Waals surface area contributed by atoms with Gasteiger partial charge in [0.25, 0.3) is 11.4 Å². The van der Waals surface area contributed by atoms with E-state index in [1.165, 1.54) is 12.1 Å². The lowest BCUT2D eigenvalue weighted by molar-refractivity contribution is -0.385. The standard InChI is InChI=1S/C22H14N2O7/c1-12(13-5-3-2-4-6-13)31-22(26)19-11-15(24(29)30)10-18-20(19)16-8-7-14(23(27)28)9-17(16)21(18)25/h2-12H,1H3. The van der Waals surface area contributed by atoms with Crippen molar-refractivity contribution >= 4 is 23.1 Å². The van der Waals surface area contributed by atoms with Crippen LogP contribution in [0.5, 0.6) is 0 Å². The summed E-state index contributed by atoms with van der Waals surface area (Å²) in [4.78, 5) is 47.0. The Morgan fingerprint density at radius 3 is 2.16 bits per heavy atom. The summed E-state index contributed by atoms with van der Waals surface area (Å²) in [7, 11) is 0. The van der Waals surface area contributed by atoms with Gasteiger partial charge in [-0.2, -0.15) is 0 Å². The summed E-state index contributed by atoms with van der Waals surface area (Å²) in [5.74, 6) is -1.46. The van der Waals surface area contributed by atoms with Crippen LogP contribution in [0.4, 0.5) is 11.4 Å². The van der Waals surface area contributed by atoms with Crippen LogP contribution >= 0.6 is 0 Å². The summed E-state index contributed by atoms with van der Waals surface area (Å²) in [6, 6.07) is 14.7. The fourth-order valence-electron chi connectivity index (χ4n) is 3.58. The Morgan fingerprint density at radius 1 is 0.871 bits per heavy atom. The average molecular weight is 418 g/mol. The Labute approximate surface area is 175 Å². The van der Waals surface area contributed by atoms with Gasteiger partial charge in [-0.3, -0.25) is 25.0 Å². The monoisotopic (exact) mass is 418 g/mol. The van der Waals surface area contributed by atoms with Gasteiger partial charge in [0.15, 0.2) is 5.78 Å². The lowest BCUT2D eigenvalue weighted by atomic mass is 9.98. The lowest BCUT2D eigenvalue weighted by Crippen LogP contribution is -2.11. The number of rotatable bonds is 5. The predicted molar refractivity (Wildman–Crippen MR) is 109 cm³/mol. The third-order valence-electron chi connectivity index (χ3n) is 5.08. The molecule has 0 saturated heterocycles. The molecule has 1 aliphatic carbocycles. The highest BCUT2D eigenvalue weighted by Crippen LogP contribution is 2.42. The van der Waals surface area contributed by atoms with Gasteiger partial charge >= 0.3 is 5.97 Å². The first-order valence-electron chi connectivity index (χ1n) is 9.20. The van der Waals surface area contributed by atoms with Crippen LogP contribution in [0.3, 0.4) is 0 Å². The molecule has 0 aromatic heterocycles. The number of ketones is 1. The number of hydrogen-bond donors (Lipinski definition) is 0. The molecule has 31 heavy (non-hydrogen) atoms. The molecule has 9 nitrogen and oxygen atoms in total. The zero-order valence-corrected chi connectivity index (χ0v) is 16.1. The second kappa shape index (κ2) is 7.45. The molecule has 1 atom stereocenters. The number of benzene rings is 3. The molecule has 4 rings (SSSR count). The van der Waals surface area contributed by atoms with E-state index in [0.717, 1.165) is 23.8 Å². The van der Waals surface area contributed by atoms with E-state index in [2.05, 4.69) is 0 Å². The van der Waals surface area contributed by atoms with E-state index in [1.54, 1.807) is 31.2 Å². The first kappa shape index (κ1) is 19.9. The number of nitro benzene ring substituents is 2. The minimum atomic E-state index is -0.838. The largest absolute Gasteiger partial charge is 0.454 e. The topological polar surface area (TPSA) is 130 Å². The summed E-state index contributed by atoms with van der Waals surface area (Å²) in [6.45, 7) is 1.66. The van der Waals surface area contributed by atoms with Crippen LogP contribution < -0.4 is 0 Å². The molecular weight excluding hydrogens is 404 g/mol. The Balaban J connectivity index is 1.83. The first-order valence-corrected chi connectivity index (χ1v) is 9.20. The fourth-order valence-corrected chi connectivity index (χ4v) is 3.58. The summed E-state index contributed by atoms with van der Waals surface area (Å²) in [6.07, 6.45) is -0.642. The van der Waals surface area contributed by atoms with Gasteiger partial charge in [-0.05, 0) is 24.1 Å². The number of carbonyl (C=O) groups excluding carboxylic acids is 2. The molecule has 0 aliphatic heterocycles. The Bertz CT molecular complexity index is 1270. The molecule has 0 fully saturated rings. The van der Waals surface area contributed by atoms with Crippen LogP contribution in [-0.2, 0) is 4.74 Å². The molecule has 0 amide bonds. The van der Waals surface area contributed by atoms with E-state index < -0.39 is 33.4 Å². The number of non-ortho nitro benzene ring substituents is 2. The van der Waals surface area contributed by atoms with Gasteiger partial charge in [0.05, 0.1) is 15.4 Å². The van der Waals surface area contributed by atoms with Crippen LogP contribution in [0, 0.1) is 20.2 Å². The van der Waals surface area contributed by atoms with Gasteiger partial charge in [0.1, 0.15) is 6.10 Å². The molecule has 1 aliphatic rings. The van der Waals surface area contributed by atoms with E-state index in [0.29, 0.717) is 5.56 Å². The van der Waals surface area contributed by atoms with Crippen LogP contribution in [0.15, 0.2) is 60.7 Å². The van der Waals surface area contributed by atoms with Crippen LogP contribution in [0.2, 0.25) is 0 Å². The third-order valence-corrected chi connectivity index (χ3v) is 5.08. The smallest absolute Gasteiger partial charge is 0.339 e. The van der Waals surface area contributed by atoms with Crippen LogP contribution in [0.1, 0.15) is 44.9 Å². The SMILES string of the molecule is CC(OC(=O)c1cc([N+](=O)[O-])cc2c1-c1ccc([N+](=O)[O-])cc1C2=O)c1ccccc1. The van der Waals surface area contributed by atoms with Crippen molar-refractivity contribution in [2.45, 2.75) is 13.0 Å². The van der Waals surface area contributed by atoms with Gasteiger partial charge in [-0.15, -0.1) is 0 Å². The van der Waals surface area contributed by atoms with E-state index in [1.807, 2.05) is 6.07 Å². The second-order valence-electron chi connectivity index (χ2n) is 6.95. The lowest BCUT2D eigenvalue weighted by Gasteiger charge is -2.15. The number of hydrogen-bond acceptors (Lipinski definition) is 7. The summed E-state index contributed by atoms with van der Waals surface area (Å²) in [5, 5.41) is 22.5. The Hall–Kier alpha value is -4.40. The van der Waals surface area contributed by atoms with Crippen molar-refractivity contribution in [3.63, 3.8) is 0 Å². The van der Waals surface area contributed by atoms with Gasteiger partial charge < -0.3 is 4.74 Å². The van der Waals surface area contributed by atoms with Gasteiger partial charge in [0.2, 0.25) is 0 Å². The van der Waals surface area contributed by atoms with Crippen molar-refractivity contribution in [1.29, 1.82) is 0 Å². The molecule has 0 heterocycles. The van der Waals surface area contributed by atoms with Crippen molar-refractivity contribution < 1.29 is 24.2 Å². The van der Waals surface area contributed by atoms with E-state index in [4.69, 9.17) is 4.74 Å². The number of carbonyl (C=O) groups is 2. The van der Waals surface area contributed by atoms with Gasteiger partial charge in [0, 0.05) is 41.0 Å². The normalized spacial score (nSPS) is 12.6. The number of esters is 1. The molecule has 0 saturated carbocycles. The maximum Gasteiger partial charge on any atom is 0.339 e. The molecule has 0 spiro atoms. The van der Waals surface area contributed by atoms with E-state index in [-0.39, 0.29) is 27.9 Å². The number of fused-ring (bicyclic) bond motifs is 3. The Kier molecular flexibility index (Phi) is 4.78. The maximum atomic E-state index is 13.0. The quantitative estimate of drug-likeness (QED) is 0.262. The van der Waals surface area contributed by atoms with E-state index >= 15 is 0 Å². The van der Waals surface area contributed by atoms with Gasteiger partial charge in [-0.25, -0.2) is 4.79 Å². The second-order valence-corrected chi connectivity index (χ2v) is 6.95. The minimum absolute atomic E-state index is 0.00913. The fraction of sp³-hybridized carbons (Fsp3) is 0.0909. The molecule has 1 unspecified atom stereocenters. The Morgan fingerprint density at radius 2 is 1.52 bits per heavy atom. The molecule has 154 valence electrons. The summed E-state index contributed by atoms with van der Waals surface area (Å²) >= 11 is 0. The molecule has 9 heteroatoms. The number of nitrogens with zero attached hydrogens (tertiary/aromatic N) is 2. The highest BCUT2D eigenvalue weighted by Gasteiger charge is 2.35. The molecule has 3 aromatic carbocycles. The zero-order chi connectivity index (χ0) is 22.3. The van der Waals surface area contributed by atoms with Crippen LogP contribution in [-0.4, -0.2) is 21.6 Å². The highest BCUT2D eigenvalue weighted by molar-refractivity contribution is 6.24. The van der Waals surface area contributed by atoms with Crippen molar-refractivity contribution in [2.24, 2.45) is 0 Å². The van der Waals surface area contributed by atoms with Crippen LogP contribution in [0.25, 0.3) is 11.1 Å². The highest BCUT2D eigenvalue weighted by atomic mass is 16.6. The number of ether oxygens (including phenoxy) is 1. The summed E-state index contributed by atoms with van der Waals surface area (Å²) in [5.41, 5.74) is 0.243. The van der Waals surface area contributed by atoms with Crippen molar-refractivity contribution in [2.75, 3.05) is 0 Å². The first-order chi connectivity index (χ1) is 14.8. The van der Waals surface area contributed by atoms with Gasteiger partial charge in [-0.1, -0.05) is 30.3 Å². The number of nitro groups is 2. The molecular formula is C22H14N2O7. The minimum Gasteiger partial charge on any atom is -0.454 e. The maximum absolute atomic E-state index is 13.0. The van der Waals surface area contributed by atoms with Crippen molar-refractivity contribution in [3.05, 3.63) is 103 Å².